The second-order valence-corrected chi connectivity index (χ2v) is 9.63. The SMILES string of the molecule is CCN1CCc2cc(N=Nc3ccc(N=Nc4ccc(OC(=O)C5=CCC(C)C=C5)cc4)cc3C)ccc21. The number of allylic oxidation sites excluding steroid dienone is 2. The topological polar surface area (TPSA) is 79.0 Å². The van der Waals surface area contributed by atoms with Crippen LogP contribution in [0.15, 0.2) is 105 Å². The molecule has 5 rings (SSSR count). The third kappa shape index (κ3) is 5.94. The Balaban J connectivity index is 1.19. The molecule has 1 aliphatic carbocycles. The molecule has 0 N–H and O–H groups in total. The van der Waals surface area contributed by atoms with Crippen molar-refractivity contribution in [2.45, 2.75) is 33.6 Å². The summed E-state index contributed by atoms with van der Waals surface area (Å²) in [4.78, 5) is 14.7. The van der Waals surface area contributed by atoms with Gasteiger partial charge in [-0.05, 0) is 104 Å². The van der Waals surface area contributed by atoms with Crippen LogP contribution in [0.4, 0.5) is 28.4 Å². The third-order valence-electron chi connectivity index (χ3n) is 6.77. The van der Waals surface area contributed by atoms with Gasteiger partial charge in [-0.2, -0.15) is 20.5 Å². The predicted octanol–water partition coefficient (Wildman–Crippen LogP) is 8.64. The van der Waals surface area contributed by atoms with E-state index in [9.17, 15) is 4.79 Å². The minimum Gasteiger partial charge on any atom is -0.423 e. The lowest BCUT2D eigenvalue weighted by molar-refractivity contribution is -0.129. The summed E-state index contributed by atoms with van der Waals surface area (Å²) in [5.74, 6) is 0.566. The van der Waals surface area contributed by atoms with Crippen LogP contribution in [0, 0.1) is 12.8 Å². The van der Waals surface area contributed by atoms with Crippen LogP contribution in [-0.4, -0.2) is 19.1 Å². The fourth-order valence-electron chi connectivity index (χ4n) is 4.51. The van der Waals surface area contributed by atoms with Gasteiger partial charge >= 0.3 is 5.97 Å². The van der Waals surface area contributed by atoms with Crippen LogP contribution in [0.3, 0.4) is 0 Å². The molecule has 0 fully saturated rings. The molecule has 0 saturated heterocycles. The Kier molecular flexibility index (Phi) is 7.54. The molecular weight excluding hydrogens is 474 g/mol. The number of anilines is 1. The maximum Gasteiger partial charge on any atom is 0.343 e. The molecular formula is C31H31N5O2. The lowest BCUT2D eigenvalue weighted by Crippen LogP contribution is -2.18. The van der Waals surface area contributed by atoms with E-state index in [0.29, 0.717) is 22.9 Å². The maximum absolute atomic E-state index is 12.3. The zero-order valence-electron chi connectivity index (χ0n) is 22.0. The van der Waals surface area contributed by atoms with E-state index >= 15 is 0 Å². The van der Waals surface area contributed by atoms with Gasteiger partial charge in [-0.1, -0.05) is 25.2 Å². The number of fused-ring (bicyclic) bond motifs is 1. The van der Waals surface area contributed by atoms with Gasteiger partial charge in [0.15, 0.2) is 0 Å². The van der Waals surface area contributed by atoms with Crippen molar-refractivity contribution in [2.75, 3.05) is 18.0 Å². The molecule has 7 nitrogen and oxygen atoms in total. The number of carbonyl (C=O) groups is 1. The zero-order chi connectivity index (χ0) is 26.5. The fraction of sp³-hybridized carbons (Fsp3) is 0.258. The number of nitrogens with zero attached hydrogens (tertiary/aromatic N) is 5. The number of hydrogen-bond donors (Lipinski definition) is 0. The Hall–Kier alpha value is -4.39. The smallest absolute Gasteiger partial charge is 0.343 e. The number of hydrogen-bond acceptors (Lipinski definition) is 7. The first-order valence-corrected chi connectivity index (χ1v) is 13.0. The van der Waals surface area contributed by atoms with Crippen molar-refractivity contribution in [3.8, 4) is 5.75 Å². The second kappa shape index (κ2) is 11.3. The number of ether oxygens (including phenoxy) is 1. The molecule has 3 aromatic carbocycles. The molecule has 0 bridgehead atoms. The lowest BCUT2D eigenvalue weighted by atomic mass is 9.99. The Morgan fingerprint density at radius 2 is 1.66 bits per heavy atom. The molecule has 0 spiro atoms. The van der Waals surface area contributed by atoms with E-state index in [1.165, 1.54) is 11.3 Å². The molecule has 0 amide bonds. The molecule has 1 aliphatic heterocycles. The average molecular weight is 506 g/mol. The van der Waals surface area contributed by atoms with E-state index in [4.69, 9.17) is 4.74 Å². The Labute approximate surface area is 223 Å². The number of likely N-dealkylation sites (N-methyl/N-ethyl adjacent to an activating group) is 1. The molecule has 1 unspecified atom stereocenters. The summed E-state index contributed by atoms with van der Waals surface area (Å²) in [6.07, 6.45) is 7.65. The van der Waals surface area contributed by atoms with E-state index in [2.05, 4.69) is 51.3 Å². The van der Waals surface area contributed by atoms with Gasteiger partial charge in [-0.25, -0.2) is 4.79 Å². The van der Waals surface area contributed by atoms with E-state index < -0.39 is 0 Å². The number of azo groups is 2. The minimum atomic E-state index is -0.352. The van der Waals surface area contributed by atoms with Gasteiger partial charge in [0.2, 0.25) is 0 Å². The van der Waals surface area contributed by atoms with E-state index in [1.54, 1.807) is 24.3 Å². The van der Waals surface area contributed by atoms with Crippen LogP contribution in [0.2, 0.25) is 0 Å². The van der Waals surface area contributed by atoms with Crippen LogP contribution in [-0.2, 0) is 11.2 Å². The quantitative estimate of drug-likeness (QED) is 0.183. The van der Waals surface area contributed by atoms with Gasteiger partial charge in [0.25, 0.3) is 0 Å². The van der Waals surface area contributed by atoms with Crippen LogP contribution >= 0.6 is 0 Å². The molecule has 192 valence electrons. The van der Waals surface area contributed by atoms with Crippen LogP contribution in [0.5, 0.6) is 5.75 Å². The molecule has 0 saturated carbocycles. The summed E-state index contributed by atoms with van der Waals surface area (Å²) in [6.45, 7) is 8.36. The largest absolute Gasteiger partial charge is 0.423 e. The first kappa shape index (κ1) is 25.3. The minimum absolute atomic E-state index is 0.352. The Morgan fingerprint density at radius 1 is 0.947 bits per heavy atom. The molecule has 3 aromatic rings. The van der Waals surface area contributed by atoms with Gasteiger partial charge in [0, 0.05) is 18.8 Å². The first-order valence-electron chi connectivity index (χ1n) is 13.0. The second-order valence-electron chi connectivity index (χ2n) is 9.63. The van der Waals surface area contributed by atoms with Crippen molar-refractivity contribution in [1.82, 2.24) is 0 Å². The van der Waals surface area contributed by atoms with Crippen molar-refractivity contribution in [3.05, 3.63) is 95.6 Å². The summed E-state index contributed by atoms with van der Waals surface area (Å²) in [7, 11) is 0. The number of aryl methyl sites for hydroxylation is 1. The van der Waals surface area contributed by atoms with Crippen molar-refractivity contribution < 1.29 is 9.53 Å². The van der Waals surface area contributed by atoms with Crippen molar-refractivity contribution in [3.63, 3.8) is 0 Å². The highest BCUT2D eigenvalue weighted by Gasteiger charge is 2.17. The summed E-state index contributed by atoms with van der Waals surface area (Å²) in [6, 6.07) is 19.0. The molecule has 1 heterocycles. The van der Waals surface area contributed by atoms with Crippen LogP contribution in [0.1, 0.15) is 31.4 Å². The number of benzene rings is 3. The Bertz CT molecular complexity index is 1450. The molecule has 2 aliphatic rings. The molecule has 7 heteroatoms. The van der Waals surface area contributed by atoms with Crippen LogP contribution < -0.4 is 9.64 Å². The number of rotatable bonds is 7. The highest BCUT2D eigenvalue weighted by Crippen LogP contribution is 2.33. The normalized spacial score (nSPS) is 16.8. The number of carbonyl (C=O) groups excluding carboxylic acids is 1. The third-order valence-corrected chi connectivity index (χ3v) is 6.77. The maximum atomic E-state index is 12.3. The fourth-order valence-corrected chi connectivity index (χ4v) is 4.51. The van der Waals surface area contributed by atoms with Gasteiger partial charge in [-0.15, -0.1) is 0 Å². The van der Waals surface area contributed by atoms with Gasteiger partial charge in [-0.3, -0.25) is 0 Å². The molecule has 38 heavy (non-hydrogen) atoms. The average Bonchev–Trinajstić information content (AvgIpc) is 3.35. The van der Waals surface area contributed by atoms with Gasteiger partial charge in [0.1, 0.15) is 5.75 Å². The summed E-state index contributed by atoms with van der Waals surface area (Å²) >= 11 is 0. The first-order chi connectivity index (χ1) is 18.5. The summed E-state index contributed by atoms with van der Waals surface area (Å²) in [5.41, 5.74) is 7.22. The van der Waals surface area contributed by atoms with Gasteiger partial charge < -0.3 is 9.64 Å². The highest BCUT2D eigenvalue weighted by atomic mass is 16.5. The van der Waals surface area contributed by atoms with E-state index in [-0.39, 0.29) is 5.97 Å². The monoisotopic (exact) mass is 505 g/mol. The highest BCUT2D eigenvalue weighted by molar-refractivity contribution is 5.93. The zero-order valence-corrected chi connectivity index (χ0v) is 22.0. The van der Waals surface area contributed by atoms with Crippen molar-refractivity contribution in [2.24, 2.45) is 26.4 Å². The predicted molar refractivity (Wildman–Crippen MR) is 151 cm³/mol. The standard InChI is InChI=1S/C31H31N5O2/c1-4-36-18-17-24-20-27(12-16-30(24)36)34-35-29-15-11-26(19-22(29)3)33-32-25-9-13-28(14-10-25)38-31(37)23-7-5-21(2)6-8-23/h5,7-16,19-21H,4,6,17-18H2,1-3H3. The van der Waals surface area contributed by atoms with E-state index in [1.807, 2.05) is 49.4 Å². The van der Waals surface area contributed by atoms with Crippen molar-refractivity contribution >= 4 is 34.4 Å². The van der Waals surface area contributed by atoms with Crippen LogP contribution in [0.25, 0.3) is 0 Å². The molecule has 1 atom stereocenters. The molecule has 0 aromatic heterocycles. The summed E-state index contributed by atoms with van der Waals surface area (Å²) in [5, 5.41) is 17.6. The molecule has 0 radical (unpaired) electrons. The van der Waals surface area contributed by atoms with Gasteiger partial charge in [0.05, 0.1) is 28.3 Å². The Morgan fingerprint density at radius 3 is 2.39 bits per heavy atom. The number of esters is 1. The van der Waals surface area contributed by atoms with Crippen molar-refractivity contribution in [1.29, 1.82) is 0 Å². The summed E-state index contributed by atoms with van der Waals surface area (Å²) < 4.78 is 5.47. The van der Waals surface area contributed by atoms with E-state index in [0.717, 1.165) is 48.6 Å². The lowest BCUT2D eigenvalue weighted by Gasteiger charge is -2.16.